The molecule has 0 aliphatic heterocycles. The highest BCUT2D eigenvalue weighted by Gasteiger charge is 2.07. The summed E-state index contributed by atoms with van der Waals surface area (Å²) < 4.78 is 5.90. The number of aromatic amines is 2. The summed E-state index contributed by atoms with van der Waals surface area (Å²) in [7, 11) is 0. The van der Waals surface area contributed by atoms with E-state index in [0.717, 1.165) is 42.2 Å². The SMILES string of the molecule is CC(C)COc1ccc2[nH]cc(CCNc3ccnc(NCc4ccc5[nH]ccc5c4)n3)c2c1. The number of aromatic nitrogens is 4. The fraction of sp³-hybridized carbons (Fsp3) is 0.259. The second-order valence-electron chi connectivity index (χ2n) is 8.92. The number of nitrogens with zero attached hydrogens (tertiary/aromatic N) is 2. The number of fused-ring (bicyclic) bond motifs is 2. The van der Waals surface area contributed by atoms with Gasteiger partial charge in [0, 0.05) is 48.1 Å². The lowest BCUT2D eigenvalue weighted by Gasteiger charge is -2.10. The minimum atomic E-state index is 0.501. The van der Waals surface area contributed by atoms with Gasteiger partial charge in [0.1, 0.15) is 11.6 Å². The molecule has 3 heterocycles. The molecule has 0 aliphatic rings. The van der Waals surface area contributed by atoms with Crippen LogP contribution in [-0.2, 0) is 13.0 Å². The molecule has 0 saturated carbocycles. The van der Waals surface area contributed by atoms with Crippen LogP contribution >= 0.6 is 0 Å². The van der Waals surface area contributed by atoms with Crippen molar-refractivity contribution in [1.29, 1.82) is 0 Å². The Morgan fingerprint density at radius 2 is 1.88 bits per heavy atom. The van der Waals surface area contributed by atoms with Crippen molar-refractivity contribution in [3.8, 4) is 5.75 Å². The van der Waals surface area contributed by atoms with E-state index >= 15 is 0 Å². The van der Waals surface area contributed by atoms with Crippen LogP contribution in [0.25, 0.3) is 21.8 Å². The third kappa shape index (κ3) is 5.14. The fourth-order valence-electron chi connectivity index (χ4n) is 3.98. The van der Waals surface area contributed by atoms with Gasteiger partial charge in [0.05, 0.1) is 6.61 Å². The summed E-state index contributed by atoms with van der Waals surface area (Å²) in [4.78, 5) is 15.5. The van der Waals surface area contributed by atoms with Gasteiger partial charge < -0.3 is 25.3 Å². The molecule has 5 aromatic rings. The number of anilines is 2. The third-order valence-corrected chi connectivity index (χ3v) is 5.75. The van der Waals surface area contributed by atoms with Gasteiger partial charge in [-0.05, 0) is 71.3 Å². The molecule has 3 aromatic heterocycles. The number of ether oxygens (including phenoxy) is 1. The highest BCUT2D eigenvalue weighted by Crippen LogP contribution is 2.24. The minimum absolute atomic E-state index is 0.501. The van der Waals surface area contributed by atoms with Crippen molar-refractivity contribution in [3.05, 3.63) is 78.2 Å². The lowest BCUT2D eigenvalue weighted by atomic mass is 10.1. The average molecular weight is 455 g/mol. The van der Waals surface area contributed by atoms with Crippen LogP contribution < -0.4 is 15.4 Å². The molecule has 0 aliphatic carbocycles. The summed E-state index contributed by atoms with van der Waals surface area (Å²) >= 11 is 0. The van der Waals surface area contributed by atoms with Crippen molar-refractivity contribution in [2.75, 3.05) is 23.8 Å². The molecule has 0 atom stereocenters. The Morgan fingerprint density at radius 1 is 0.971 bits per heavy atom. The standard InChI is InChI=1S/C27H30N6O/c1-18(2)17-34-22-4-6-25-23(14-22)21(16-31-25)8-11-29-26-9-12-30-27(33-26)32-15-19-3-5-24-20(13-19)7-10-28-24/h3-7,9-10,12-14,16,18,28,31H,8,11,15,17H2,1-2H3,(H2,29,30,32,33). The van der Waals surface area contributed by atoms with Gasteiger partial charge in [-0.1, -0.05) is 19.9 Å². The van der Waals surface area contributed by atoms with Crippen LogP contribution in [-0.4, -0.2) is 33.1 Å². The number of rotatable bonds is 10. The largest absolute Gasteiger partial charge is 0.493 e. The van der Waals surface area contributed by atoms with Gasteiger partial charge in [-0.15, -0.1) is 0 Å². The van der Waals surface area contributed by atoms with Crippen LogP contribution in [0.5, 0.6) is 5.75 Å². The maximum atomic E-state index is 5.90. The third-order valence-electron chi connectivity index (χ3n) is 5.75. The van der Waals surface area contributed by atoms with Crippen molar-refractivity contribution in [1.82, 2.24) is 19.9 Å². The number of hydrogen-bond acceptors (Lipinski definition) is 5. The van der Waals surface area contributed by atoms with Gasteiger partial charge in [0.15, 0.2) is 0 Å². The van der Waals surface area contributed by atoms with Crippen molar-refractivity contribution in [3.63, 3.8) is 0 Å². The van der Waals surface area contributed by atoms with Crippen molar-refractivity contribution in [2.45, 2.75) is 26.8 Å². The summed E-state index contributed by atoms with van der Waals surface area (Å²) in [5.74, 6) is 2.83. The lowest BCUT2D eigenvalue weighted by Crippen LogP contribution is -2.09. The molecule has 5 rings (SSSR count). The first kappa shape index (κ1) is 21.8. The van der Waals surface area contributed by atoms with Crippen LogP contribution in [0.3, 0.4) is 0 Å². The van der Waals surface area contributed by atoms with E-state index in [0.29, 0.717) is 18.4 Å². The first-order chi connectivity index (χ1) is 16.6. The topological polar surface area (TPSA) is 90.6 Å². The normalized spacial score (nSPS) is 11.4. The van der Waals surface area contributed by atoms with Crippen LogP contribution in [0.1, 0.15) is 25.0 Å². The van der Waals surface area contributed by atoms with Gasteiger partial charge in [-0.3, -0.25) is 0 Å². The van der Waals surface area contributed by atoms with E-state index in [4.69, 9.17) is 4.74 Å². The summed E-state index contributed by atoms with van der Waals surface area (Å²) in [6.45, 7) is 6.47. The highest BCUT2D eigenvalue weighted by atomic mass is 16.5. The first-order valence-corrected chi connectivity index (χ1v) is 11.7. The smallest absolute Gasteiger partial charge is 0.224 e. The number of hydrogen-bond donors (Lipinski definition) is 4. The maximum Gasteiger partial charge on any atom is 0.224 e. The van der Waals surface area contributed by atoms with E-state index in [1.165, 1.54) is 21.9 Å². The molecule has 174 valence electrons. The highest BCUT2D eigenvalue weighted by molar-refractivity contribution is 5.84. The van der Waals surface area contributed by atoms with Crippen molar-refractivity contribution in [2.24, 2.45) is 5.92 Å². The Labute approximate surface area is 199 Å². The predicted molar refractivity (Wildman–Crippen MR) is 138 cm³/mol. The predicted octanol–water partition coefficient (Wildman–Crippen LogP) is 5.74. The Bertz CT molecular complexity index is 1390. The molecule has 0 amide bonds. The van der Waals surface area contributed by atoms with E-state index in [1.54, 1.807) is 6.20 Å². The molecule has 0 bridgehead atoms. The van der Waals surface area contributed by atoms with Crippen LogP contribution in [0.2, 0.25) is 0 Å². The fourth-order valence-corrected chi connectivity index (χ4v) is 3.98. The molecular formula is C27H30N6O. The number of nitrogens with one attached hydrogen (secondary N) is 4. The monoisotopic (exact) mass is 454 g/mol. The van der Waals surface area contributed by atoms with Crippen molar-refractivity contribution >= 4 is 33.6 Å². The molecule has 0 unspecified atom stereocenters. The lowest BCUT2D eigenvalue weighted by molar-refractivity contribution is 0.271. The van der Waals surface area contributed by atoms with Crippen LogP contribution in [0.4, 0.5) is 11.8 Å². The van der Waals surface area contributed by atoms with E-state index in [9.17, 15) is 0 Å². The van der Waals surface area contributed by atoms with E-state index in [2.05, 4.69) is 87.0 Å². The van der Waals surface area contributed by atoms with Crippen LogP contribution in [0.15, 0.2) is 67.1 Å². The summed E-state index contributed by atoms with van der Waals surface area (Å²) in [5.41, 5.74) is 4.70. The summed E-state index contributed by atoms with van der Waals surface area (Å²) in [5, 5.41) is 9.14. The van der Waals surface area contributed by atoms with Gasteiger partial charge in [0.25, 0.3) is 0 Å². The van der Waals surface area contributed by atoms with Gasteiger partial charge in [-0.2, -0.15) is 4.98 Å². The van der Waals surface area contributed by atoms with Gasteiger partial charge in [-0.25, -0.2) is 4.98 Å². The van der Waals surface area contributed by atoms with Crippen LogP contribution in [0, 0.1) is 5.92 Å². The van der Waals surface area contributed by atoms with E-state index in [-0.39, 0.29) is 0 Å². The molecule has 0 radical (unpaired) electrons. The Morgan fingerprint density at radius 3 is 2.79 bits per heavy atom. The Kier molecular flexibility index (Phi) is 6.33. The Balaban J connectivity index is 1.17. The van der Waals surface area contributed by atoms with Gasteiger partial charge in [0.2, 0.25) is 5.95 Å². The van der Waals surface area contributed by atoms with E-state index in [1.807, 2.05) is 18.3 Å². The summed E-state index contributed by atoms with van der Waals surface area (Å²) in [6.07, 6.45) is 6.68. The molecular weight excluding hydrogens is 424 g/mol. The molecule has 0 spiro atoms. The Hall–Kier alpha value is -4.00. The second-order valence-corrected chi connectivity index (χ2v) is 8.92. The molecule has 2 aromatic carbocycles. The molecule has 7 heteroatoms. The minimum Gasteiger partial charge on any atom is -0.493 e. The maximum absolute atomic E-state index is 5.90. The molecule has 0 fully saturated rings. The van der Waals surface area contributed by atoms with E-state index < -0.39 is 0 Å². The average Bonchev–Trinajstić information content (AvgIpc) is 3.48. The number of H-pyrrole nitrogens is 2. The van der Waals surface area contributed by atoms with Crippen molar-refractivity contribution < 1.29 is 4.74 Å². The first-order valence-electron chi connectivity index (χ1n) is 11.7. The molecule has 0 saturated heterocycles. The zero-order chi connectivity index (χ0) is 23.3. The zero-order valence-electron chi connectivity index (χ0n) is 19.6. The molecule has 4 N–H and O–H groups in total. The quantitative estimate of drug-likeness (QED) is 0.216. The second kappa shape index (κ2) is 9.87. The molecule has 34 heavy (non-hydrogen) atoms. The van der Waals surface area contributed by atoms with Gasteiger partial charge >= 0.3 is 0 Å². The number of benzene rings is 2. The summed E-state index contributed by atoms with van der Waals surface area (Å²) in [6, 6.07) is 16.6. The molecule has 7 nitrogen and oxygen atoms in total. The zero-order valence-corrected chi connectivity index (χ0v) is 19.6.